The van der Waals surface area contributed by atoms with Crippen molar-refractivity contribution in [3.63, 3.8) is 0 Å². The molecule has 6 heteroatoms. The van der Waals surface area contributed by atoms with Crippen LogP contribution in [0.15, 0.2) is 78.9 Å². The van der Waals surface area contributed by atoms with E-state index < -0.39 is 6.04 Å². The monoisotopic (exact) mass is 570 g/mol. The maximum Gasteiger partial charge on any atom is 0.261 e. The molecule has 0 aliphatic carbocycles. The van der Waals surface area contributed by atoms with Gasteiger partial charge in [0.1, 0.15) is 11.8 Å². The van der Waals surface area contributed by atoms with Crippen LogP contribution in [0.2, 0.25) is 0 Å². The zero-order valence-corrected chi connectivity index (χ0v) is 21.8. The van der Waals surface area contributed by atoms with Gasteiger partial charge in [-0.3, -0.25) is 9.59 Å². The van der Waals surface area contributed by atoms with E-state index in [-0.39, 0.29) is 18.4 Å². The van der Waals surface area contributed by atoms with E-state index in [4.69, 9.17) is 4.74 Å². The summed E-state index contributed by atoms with van der Waals surface area (Å²) in [5, 5.41) is 2.99. The van der Waals surface area contributed by atoms with Crippen LogP contribution in [0.3, 0.4) is 0 Å². The normalized spacial score (nSPS) is 11.5. The van der Waals surface area contributed by atoms with Gasteiger partial charge in [-0.25, -0.2) is 0 Å². The highest BCUT2D eigenvalue weighted by Crippen LogP contribution is 2.18. The second-order valence-corrected chi connectivity index (χ2v) is 9.50. The number of nitrogens with zero attached hydrogens (tertiary/aromatic N) is 1. The van der Waals surface area contributed by atoms with E-state index in [0.29, 0.717) is 25.3 Å². The van der Waals surface area contributed by atoms with Gasteiger partial charge in [0.15, 0.2) is 6.61 Å². The Kier molecular flexibility index (Phi) is 9.94. The summed E-state index contributed by atoms with van der Waals surface area (Å²) in [5.41, 5.74) is 3.08. The summed E-state index contributed by atoms with van der Waals surface area (Å²) in [6.07, 6.45) is 1.25. The maximum atomic E-state index is 13.5. The van der Waals surface area contributed by atoms with Crippen molar-refractivity contribution in [1.82, 2.24) is 10.2 Å². The van der Waals surface area contributed by atoms with E-state index in [0.717, 1.165) is 26.7 Å². The van der Waals surface area contributed by atoms with E-state index >= 15 is 0 Å². The number of halogens is 1. The van der Waals surface area contributed by atoms with Crippen LogP contribution < -0.4 is 10.1 Å². The van der Waals surface area contributed by atoms with Gasteiger partial charge in [-0.2, -0.15) is 0 Å². The molecule has 0 aromatic heterocycles. The van der Waals surface area contributed by atoms with E-state index in [9.17, 15) is 9.59 Å². The van der Waals surface area contributed by atoms with Gasteiger partial charge in [-0.1, -0.05) is 67.1 Å². The minimum atomic E-state index is -0.651. The van der Waals surface area contributed by atoms with Crippen LogP contribution >= 0.6 is 22.6 Å². The van der Waals surface area contributed by atoms with Crippen molar-refractivity contribution in [2.75, 3.05) is 13.2 Å². The molecule has 1 unspecified atom stereocenters. The first-order valence-corrected chi connectivity index (χ1v) is 12.6. The predicted octanol–water partition coefficient (Wildman–Crippen LogP) is 5.14. The van der Waals surface area contributed by atoms with Crippen molar-refractivity contribution in [2.45, 2.75) is 39.3 Å². The Morgan fingerprint density at radius 1 is 0.971 bits per heavy atom. The number of benzene rings is 3. The van der Waals surface area contributed by atoms with E-state index in [1.165, 1.54) is 0 Å². The number of rotatable bonds is 11. The van der Waals surface area contributed by atoms with Crippen LogP contribution in [0.1, 0.15) is 30.0 Å². The number of ether oxygens (including phenoxy) is 1. The Bertz CT molecular complexity index is 1070. The molecular weight excluding hydrogens is 539 g/mol. The van der Waals surface area contributed by atoms with E-state index in [1.54, 1.807) is 4.90 Å². The van der Waals surface area contributed by atoms with Crippen molar-refractivity contribution in [3.8, 4) is 5.75 Å². The van der Waals surface area contributed by atoms with Crippen molar-refractivity contribution in [2.24, 2.45) is 0 Å². The molecule has 178 valence electrons. The first-order chi connectivity index (χ1) is 16.5. The lowest BCUT2D eigenvalue weighted by atomic mass is 10.0. The topological polar surface area (TPSA) is 58.6 Å². The van der Waals surface area contributed by atoms with Crippen molar-refractivity contribution >= 4 is 34.4 Å². The third kappa shape index (κ3) is 7.87. The highest BCUT2D eigenvalue weighted by molar-refractivity contribution is 14.1. The molecule has 0 aliphatic rings. The summed E-state index contributed by atoms with van der Waals surface area (Å²) < 4.78 is 6.89. The van der Waals surface area contributed by atoms with E-state index in [2.05, 4.69) is 27.9 Å². The van der Waals surface area contributed by atoms with Crippen molar-refractivity contribution in [3.05, 3.63) is 99.1 Å². The Hall–Kier alpha value is -2.87. The Morgan fingerprint density at radius 3 is 2.35 bits per heavy atom. The number of hydrogen-bond donors (Lipinski definition) is 1. The lowest BCUT2D eigenvalue weighted by molar-refractivity contribution is -0.142. The van der Waals surface area contributed by atoms with Crippen molar-refractivity contribution < 1.29 is 14.3 Å². The smallest absolute Gasteiger partial charge is 0.261 e. The first-order valence-electron chi connectivity index (χ1n) is 11.5. The lowest BCUT2D eigenvalue weighted by Crippen LogP contribution is -2.51. The Labute approximate surface area is 215 Å². The van der Waals surface area contributed by atoms with E-state index in [1.807, 2.05) is 92.7 Å². The number of carbonyl (C=O) groups is 2. The van der Waals surface area contributed by atoms with Crippen LogP contribution in [-0.2, 0) is 22.6 Å². The molecule has 1 atom stereocenters. The summed E-state index contributed by atoms with van der Waals surface area (Å²) in [4.78, 5) is 28.4. The van der Waals surface area contributed by atoms with Gasteiger partial charge in [0.25, 0.3) is 5.91 Å². The molecule has 5 nitrogen and oxygen atoms in total. The van der Waals surface area contributed by atoms with Crippen LogP contribution in [0.25, 0.3) is 0 Å². The van der Waals surface area contributed by atoms with Crippen LogP contribution in [0.5, 0.6) is 5.75 Å². The van der Waals surface area contributed by atoms with Gasteiger partial charge < -0.3 is 15.0 Å². The zero-order chi connectivity index (χ0) is 24.3. The molecule has 0 aliphatic heterocycles. The second kappa shape index (κ2) is 13.1. The molecule has 0 saturated heterocycles. The van der Waals surface area contributed by atoms with Gasteiger partial charge >= 0.3 is 0 Å². The minimum Gasteiger partial charge on any atom is -0.484 e. The Morgan fingerprint density at radius 2 is 1.68 bits per heavy atom. The molecule has 0 spiro atoms. The number of carbonyl (C=O) groups excluding carboxylic acids is 2. The molecule has 1 N–H and O–H groups in total. The number of aryl methyl sites for hydroxylation is 1. The molecule has 0 fully saturated rings. The first kappa shape index (κ1) is 25.7. The molecule has 34 heavy (non-hydrogen) atoms. The summed E-state index contributed by atoms with van der Waals surface area (Å²) in [5.74, 6) is 0.243. The number of nitrogens with one attached hydrogen (secondary N) is 1. The highest BCUT2D eigenvalue weighted by Gasteiger charge is 2.30. The van der Waals surface area contributed by atoms with Gasteiger partial charge in [0.2, 0.25) is 5.91 Å². The summed E-state index contributed by atoms with van der Waals surface area (Å²) >= 11 is 2.23. The lowest BCUT2D eigenvalue weighted by Gasteiger charge is -2.31. The van der Waals surface area contributed by atoms with Gasteiger partial charge in [0.05, 0.1) is 0 Å². The number of amides is 2. The fraction of sp³-hybridized carbons (Fsp3) is 0.286. The van der Waals surface area contributed by atoms with Gasteiger partial charge in [0, 0.05) is 23.1 Å². The predicted molar refractivity (Wildman–Crippen MR) is 144 cm³/mol. The molecule has 0 bridgehead atoms. The largest absolute Gasteiger partial charge is 0.484 e. The standard InChI is InChI=1S/C28H31IN2O3/c1-3-16-30-28(33)26(18-22-9-5-4-6-10-22)31(19-23-11-7-8-21(2)17-23)27(32)20-34-25-14-12-24(29)13-15-25/h4-15,17,26H,3,16,18-20H2,1-2H3,(H,30,33). The molecule has 3 aromatic rings. The molecule has 3 rings (SSSR count). The van der Waals surface area contributed by atoms with Crippen molar-refractivity contribution in [1.29, 1.82) is 0 Å². The molecule has 2 amide bonds. The summed E-state index contributed by atoms with van der Waals surface area (Å²) in [6, 6.07) is 24.7. The average molecular weight is 570 g/mol. The SMILES string of the molecule is CCCNC(=O)C(Cc1ccccc1)N(Cc1cccc(C)c1)C(=O)COc1ccc(I)cc1. The molecule has 0 radical (unpaired) electrons. The number of hydrogen-bond acceptors (Lipinski definition) is 3. The second-order valence-electron chi connectivity index (χ2n) is 8.25. The summed E-state index contributed by atoms with van der Waals surface area (Å²) in [7, 11) is 0. The maximum absolute atomic E-state index is 13.5. The average Bonchev–Trinajstić information content (AvgIpc) is 2.85. The summed E-state index contributed by atoms with van der Waals surface area (Å²) in [6.45, 7) is 4.78. The van der Waals surface area contributed by atoms with Crippen LogP contribution in [0, 0.1) is 10.5 Å². The van der Waals surface area contributed by atoms with Gasteiger partial charge in [-0.15, -0.1) is 0 Å². The Balaban J connectivity index is 1.88. The van der Waals surface area contributed by atoms with Crippen LogP contribution in [0.4, 0.5) is 0 Å². The zero-order valence-electron chi connectivity index (χ0n) is 19.7. The fourth-order valence-corrected chi connectivity index (χ4v) is 4.05. The molecule has 0 saturated carbocycles. The molecule has 0 heterocycles. The van der Waals surface area contributed by atoms with Gasteiger partial charge in [-0.05, 0) is 71.3 Å². The highest BCUT2D eigenvalue weighted by atomic mass is 127. The van der Waals surface area contributed by atoms with Crippen LogP contribution in [-0.4, -0.2) is 35.9 Å². The molecular formula is C28H31IN2O3. The third-order valence-corrected chi connectivity index (χ3v) is 6.15. The third-order valence-electron chi connectivity index (χ3n) is 5.43. The minimum absolute atomic E-state index is 0.140. The quantitative estimate of drug-likeness (QED) is 0.325. The molecule has 3 aromatic carbocycles. The fourth-order valence-electron chi connectivity index (χ4n) is 3.69.